The molecule has 0 radical (unpaired) electrons. The number of benzene rings is 2. The molecule has 1 saturated carbocycles. The molecule has 202 valence electrons. The van der Waals surface area contributed by atoms with Gasteiger partial charge >= 0.3 is 0 Å². The first kappa shape index (κ1) is 26.9. The number of hydrogen-bond acceptors (Lipinski definition) is 7. The van der Waals surface area contributed by atoms with Crippen LogP contribution in [0.1, 0.15) is 74.8 Å². The van der Waals surface area contributed by atoms with E-state index in [1.165, 1.54) is 38.4 Å². The highest BCUT2D eigenvalue weighted by Gasteiger charge is 2.22. The van der Waals surface area contributed by atoms with Gasteiger partial charge in [-0.25, -0.2) is 15.0 Å². The van der Waals surface area contributed by atoms with Crippen LogP contribution < -0.4 is 16.4 Å². The third-order valence-electron chi connectivity index (χ3n) is 7.43. The summed E-state index contributed by atoms with van der Waals surface area (Å²) in [5.41, 5.74) is 9.64. The fraction of sp³-hybridized carbons (Fsp3) is 0.355. The summed E-state index contributed by atoms with van der Waals surface area (Å²) >= 11 is 1.60. The maximum Gasteiger partial charge on any atom is 0.251 e. The average molecular weight is 541 g/mol. The van der Waals surface area contributed by atoms with Crippen molar-refractivity contribution in [3.8, 4) is 0 Å². The molecular formula is C31H36N6OS. The van der Waals surface area contributed by atoms with Crippen LogP contribution in [0, 0.1) is 5.92 Å². The van der Waals surface area contributed by atoms with Crippen LogP contribution >= 0.6 is 11.8 Å². The highest BCUT2D eigenvalue weighted by Crippen LogP contribution is 2.37. The molecule has 39 heavy (non-hydrogen) atoms. The van der Waals surface area contributed by atoms with E-state index in [1.54, 1.807) is 11.8 Å². The van der Waals surface area contributed by atoms with Crippen LogP contribution in [0.4, 0.5) is 17.2 Å². The highest BCUT2D eigenvalue weighted by molar-refractivity contribution is 7.99. The maximum absolute atomic E-state index is 13.3. The zero-order chi connectivity index (χ0) is 27.4. The van der Waals surface area contributed by atoms with Gasteiger partial charge in [0.15, 0.2) is 5.65 Å². The number of nitrogens with zero attached hydrogens (tertiary/aromatic N) is 3. The molecule has 5 rings (SSSR count). The number of pyridine rings is 1. The van der Waals surface area contributed by atoms with Crippen LogP contribution in [0.15, 0.2) is 70.7 Å². The van der Waals surface area contributed by atoms with Gasteiger partial charge in [-0.2, -0.15) is 0 Å². The van der Waals surface area contributed by atoms with Gasteiger partial charge in [0.25, 0.3) is 5.91 Å². The fourth-order valence-electron chi connectivity index (χ4n) is 5.07. The Labute approximate surface area is 234 Å². The lowest BCUT2D eigenvalue weighted by molar-refractivity contribution is 0.0919. The van der Waals surface area contributed by atoms with E-state index in [0.29, 0.717) is 28.9 Å². The number of fused-ring (bicyclic) bond motifs is 1. The first-order valence-corrected chi connectivity index (χ1v) is 14.6. The van der Waals surface area contributed by atoms with E-state index in [-0.39, 0.29) is 11.9 Å². The number of nitrogens with one attached hydrogen (secondary N) is 2. The predicted molar refractivity (Wildman–Crippen MR) is 160 cm³/mol. The largest absolute Gasteiger partial charge is 0.399 e. The number of carbonyl (C=O) groups is 1. The average Bonchev–Trinajstić information content (AvgIpc) is 2.95. The molecule has 1 aliphatic rings. The summed E-state index contributed by atoms with van der Waals surface area (Å²) in [6, 6.07) is 17.7. The van der Waals surface area contributed by atoms with Gasteiger partial charge in [0.2, 0.25) is 0 Å². The number of rotatable bonds is 8. The molecule has 1 amide bonds. The van der Waals surface area contributed by atoms with Crippen molar-refractivity contribution in [1.82, 2.24) is 20.3 Å². The molecule has 4 N–H and O–H groups in total. The van der Waals surface area contributed by atoms with Crippen LogP contribution in [-0.2, 0) is 0 Å². The Bertz CT molecular complexity index is 1450. The zero-order valence-corrected chi connectivity index (χ0v) is 23.6. The van der Waals surface area contributed by atoms with Gasteiger partial charge in [-0.1, -0.05) is 44.9 Å². The van der Waals surface area contributed by atoms with Gasteiger partial charge in [-0.05, 0) is 86.2 Å². The van der Waals surface area contributed by atoms with Crippen LogP contribution in [0.5, 0.6) is 0 Å². The summed E-state index contributed by atoms with van der Waals surface area (Å²) < 4.78 is 0. The predicted octanol–water partition coefficient (Wildman–Crippen LogP) is 7.32. The van der Waals surface area contributed by atoms with E-state index in [0.717, 1.165) is 32.2 Å². The number of amides is 1. The molecular weight excluding hydrogens is 504 g/mol. The molecule has 2 aromatic heterocycles. The Morgan fingerprint density at radius 1 is 0.974 bits per heavy atom. The van der Waals surface area contributed by atoms with Gasteiger partial charge in [-0.15, -0.1) is 0 Å². The summed E-state index contributed by atoms with van der Waals surface area (Å²) in [6.07, 6.45) is 7.67. The second-order valence-corrected chi connectivity index (χ2v) is 11.8. The topological polar surface area (TPSA) is 106 Å². The van der Waals surface area contributed by atoms with E-state index >= 15 is 0 Å². The van der Waals surface area contributed by atoms with Gasteiger partial charge in [-0.3, -0.25) is 4.79 Å². The fourth-order valence-corrected chi connectivity index (χ4v) is 5.95. The zero-order valence-electron chi connectivity index (χ0n) is 22.8. The van der Waals surface area contributed by atoms with Crippen molar-refractivity contribution in [2.24, 2.45) is 5.92 Å². The minimum absolute atomic E-state index is 0.0593. The summed E-state index contributed by atoms with van der Waals surface area (Å²) in [4.78, 5) is 29.0. The molecule has 8 heteroatoms. The minimum Gasteiger partial charge on any atom is -0.399 e. The van der Waals surface area contributed by atoms with Crippen LogP contribution in [-0.4, -0.2) is 26.9 Å². The maximum atomic E-state index is 13.3. The van der Waals surface area contributed by atoms with Crippen molar-refractivity contribution < 1.29 is 4.79 Å². The SMILES string of the molecule is CC(C)c1ccc2c(Nc3cc(C(=O)N[C@@H](C)C4CCCCC4)ccc3Sc3ccc(N)cc3)ncnc2n1. The molecule has 0 bridgehead atoms. The Morgan fingerprint density at radius 3 is 2.49 bits per heavy atom. The minimum atomic E-state index is -0.0593. The second kappa shape index (κ2) is 12.0. The van der Waals surface area contributed by atoms with E-state index in [2.05, 4.69) is 41.4 Å². The van der Waals surface area contributed by atoms with Crippen LogP contribution in [0.25, 0.3) is 11.0 Å². The number of nitrogen functional groups attached to an aromatic ring is 1. The highest BCUT2D eigenvalue weighted by atomic mass is 32.2. The first-order chi connectivity index (χ1) is 18.9. The number of carbonyl (C=O) groups excluding carboxylic acids is 1. The Kier molecular flexibility index (Phi) is 8.31. The van der Waals surface area contributed by atoms with Crippen LogP contribution in [0.2, 0.25) is 0 Å². The lowest BCUT2D eigenvalue weighted by Gasteiger charge is -2.28. The van der Waals surface area contributed by atoms with Gasteiger partial charge < -0.3 is 16.4 Å². The van der Waals surface area contributed by atoms with Gasteiger partial charge in [0, 0.05) is 32.8 Å². The Hall–Kier alpha value is -3.65. The molecule has 1 atom stereocenters. The molecule has 0 saturated heterocycles. The van der Waals surface area contributed by atoms with Crippen molar-refractivity contribution in [1.29, 1.82) is 0 Å². The van der Waals surface area contributed by atoms with E-state index in [4.69, 9.17) is 10.7 Å². The molecule has 2 aromatic carbocycles. The molecule has 1 aliphatic carbocycles. The lowest BCUT2D eigenvalue weighted by atomic mass is 9.84. The number of nitrogens with two attached hydrogens (primary N) is 1. The Morgan fingerprint density at radius 2 is 1.74 bits per heavy atom. The second-order valence-electron chi connectivity index (χ2n) is 10.7. The molecule has 0 aliphatic heterocycles. The summed E-state index contributed by atoms with van der Waals surface area (Å²) in [5.74, 6) is 1.43. The first-order valence-electron chi connectivity index (χ1n) is 13.7. The normalized spacial score (nSPS) is 14.9. The van der Waals surface area contributed by atoms with E-state index in [9.17, 15) is 4.79 Å². The van der Waals surface area contributed by atoms with Gasteiger partial charge in [0.1, 0.15) is 12.1 Å². The molecule has 7 nitrogen and oxygen atoms in total. The summed E-state index contributed by atoms with van der Waals surface area (Å²) in [7, 11) is 0. The number of anilines is 3. The van der Waals surface area contributed by atoms with E-state index in [1.807, 2.05) is 54.6 Å². The molecule has 0 spiro atoms. The quantitative estimate of drug-likeness (QED) is 0.201. The summed E-state index contributed by atoms with van der Waals surface area (Å²) in [5, 5.41) is 7.57. The number of aromatic nitrogens is 3. The lowest BCUT2D eigenvalue weighted by Crippen LogP contribution is -2.38. The van der Waals surface area contributed by atoms with E-state index < -0.39 is 0 Å². The van der Waals surface area contributed by atoms with Crippen molar-refractivity contribution in [3.05, 3.63) is 72.2 Å². The van der Waals surface area contributed by atoms with Crippen molar-refractivity contribution in [2.75, 3.05) is 11.1 Å². The molecule has 1 fully saturated rings. The van der Waals surface area contributed by atoms with Crippen LogP contribution in [0.3, 0.4) is 0 Å². The third-order valence-corrected chi connectivity index (χ3v) is 8.51. The van der Waals surface area contributed by atoms with Crippen molar-refractivity contribution in [2.45, 2.75) is 74.6 Å². The Balaban J connectivity index is 1.46. The summed E-state index contributed by atoms with van der Waals surface area (Å²) in [6.45, 7) is 6.35. The standard InChI is InChI=1S/C31H36N6OS/c1-19(2)26-15-14-25-29(36-26)33-18-34-30(25)37-27-17-22(31(38)35-20(3)21-7-5-4-6-8-21)9-16-28(27)39-24-12-10-23(32)11-13-24/h9-21H,4-8,32H2,1-3H3,(H,35,38)(H,33,34,36,37)/t20-/m0/s1. The van der Waals surface area contributed by atoms with Crippen molar-refractivity contribution >= 4 is 45.9 Å². The molecule has 0 unspecified atom stereocenters. The molecule has 4 aromatic rings. The number of hydrogen-bond donors (Lipinski definition) is 3. The molecule has 2 heterocycles. The van der Waals surface area contributed by atoms with Crippen molar-refractivity contribution in [3.63, 3.8) is 0 Å². The smallest absolute Gasteiger partial charge is 0.251 e. The van der Waals surface area contributed by atoms with Gasteiger partial charge in [0.05, 0.1) is 11.1 Å². The monoisotopic (exact) mass is 540 g/mol. The third kappa shape index (κ3) is 6.50.